The predicted octanol–water partition coefficient (Wildman–Crippen LogP) is 6.21. The molecule has 1 heterocycles. The summed E-state index contributed by atoms with van der Waals surface area (Å²) in [5, 5.41) is 0. The molecule has 0 saturated heterocycles. The second kappa shape index (κ2) is 7.86. The fraction of sp³-hybridized carbons (Fsp3) is 0.320. The van der Waals surface area contributed by atoms with E-state index in [4.69, 9.17) is 0 Å². The van der Waals surface area contributed by atoms with Gasteiger partial charge in [-0.2, -0.15) is 0 Å². The van der Waals surface area contributed by atoms with E-state index >= 15 is 0 Å². The molecule has 0 aromatic heterocycles. The zero-order valence-corrected chi connectivity index (χ0v) is 15.7. The predicted molar refractivity (Wildman–Crippen MR) is 113 cm³/mol. The van der Waals surface area contributed by atoms with Crippen LogP contribution in [0, 0.1) is 0 Å². The fourth-order valence-electron chi connectivity index (χ4n) is 4.39. The maximum Gasteiger partial charge on any atom is 0.0573 e. The van der Waals surface area contributed by atoms with Crippen LogP contribution in [0.2, 0.25) is 0 Å². The van der Waals surface area contributed by atoms with Crippen molar-refractivity contribution in [1.82, 2.24) is 0 Å². The quantitative estimate of drug-likeness (QED) is 0.616. The second-order valence-corrected chi connectivity index (χ2v) is 7.24. The van der Waals surface area contributed by atoms with Crippen molar-refractivity contribution in [3.8, 4) is 11.1 Å². The second-order valence-electron chi connectivity index (χ2n) is 7.24. The van der Waals surface area contributed by atoms with Gasteiger partial charge in [-0.1, -0.05) is 61.9 Å². The van der Waals surface area contributed by atoms with Gasteiger partial charge in [-0.25, -0.2) is 0 Å². The number of rotatable bonds is 2. The molecule has 0 unspecified atom stereocenters. The summed E-state index contributed by atoms with van der Waals surface area (Å²) < 4.78 is 0. The van der Waals surface area contributed by atoms with E-state index < -0.39 is 0 Å². The van der Waals surface area contributed by atoms with Crippen LogP contribution in [0.3, 0.4) is 0 Å². The molecule has 0 bridgehead atoms. The number of benzene rings is 2. The monoisotopic (exact) mass is 341 g/mol. The SMILES string of the molecule is C1=CCN=C1.CCCC1=CCCc2c1ccc1c2CCc2ccccc2-1. The Balaban J connectivity index is 0.000000292. The summed E-state index contributed by atoms with van der Waals surface area (Å²) in [6.07, 6.45) is 15.6. The Morgan fingerprint density at radius 3 is 2.50 bits per heavy atom. The first-order valence-corrected chi connectivity index (χ1v) is 9.96. The zero-order chi connectivity index (χ0) is 17.8. The van der Waals surface area contributed by atoms with Gasteiger partial charge in [0.2, 0.25) is 0 Å². The molecule has 132 valence electrons. The molecule has 26 heavy (non-hydrogen) atoms. The van der Waals surface area contributed by atoms with Crippen molar-refractivity contribution in [2.45, 2.75) is 45.4 Å². The molecule has 2 aromatic carbocycles. The Kier molecular flexibility index (Phi) is 5.15. The number of allylic oxidation sites excluding steroid dienone is 3. The molecular formula is C25H27N. The Morgan fingerprint density at radius 2 is 1.73 bits per heavy atom. The van der Waals surface area contributed by atoms with E-state index in [1.807, 2.05) is 12.2 Å². The van der Waals surface area contributed by atoms with E-state index in [1.54, 1.807) is 28.5 Å². The van der Waals surface area contributed by atoms with Crippen molar-refractivity contribution < 1.29 is 0 Å². The average molecular weight is 341 g/mol. The lowest BCUT2D eigenvalue weighted by Crippen LogP contribution is -2.11. The van der Waals surface area contributed by atoms with Crippen molar-refractivity contribution in [3.05, 3.63) is 76.9 Å². The Labute approximate surface area is 157 Å². The largest absolute Gasteiger partial charge is 0.289 e. The van der Waals surface area contributed by atoms with E-state index in [9.17, 15) is 0 Å². The van der Waals surface area contributed by atoms with Crippen LogP contribution in [-0.4, -0.2) is 12.8 Å². The summed E-state index contributed by atoms with van der Waals surface area (Å²) in [4.78, 5) is 3.85. The first kappa shape index (κ1) is 17.0. The van der Waals surface area contributed by atoms with Crippen LogP contribution in [0.25, 0.3) is 16.7 Å². The molecule has 0 fully saturated rings. The number of hydrogen-bond donors (Lipinski definition) is 0. The first-order chi connectivity index (χ1) is 12.9. The highest BCUT2D eigenvalue weighted by molar-refractivity contribution is 5.80. The van der Waals surface area contributed by atoms with Crippen LogP contribution in [0.1, 0.15) is 48.4 Å². The summed E-state index contributed by atoms with van der Waals surface area (Å²) in [5.74, 6) is 0. The van der Waals surface area contributed by atoms with E-state index in [-0.39, 0.29) is 0 Å². The van der Waals surface area contributed by atoms with Crippen molar-refractivity contribution in [1.29, 1.82) is 0 Å². The summed E-state index contributed by atoms with van der Waals surface area (Å²) in [6.45, 7) is 3.17. The number of fused-ring (bicyclic) bond motifs is 5. The third kappa shape index (κ3) is 3.31. The van der Waals surface area contributed by atoms with Crippen LogP contribution in [-0.2, 0) is 19.3 Å². The van der Waals surface area contributed by atoms with Gasteiger partial charge in [0.15, 0.2) is 0 Å². The lowest BCUT2D eigenvalue weighted by atomic mass is 9.77. The average Bonchev–Trinajstić information content (AvgIpc) is 3.28. The van der Waals surface area contributed by atoms with Gasteiger partial charge in [0.25, 0.3) is 0 Å². The lowest BCUT2D eigenvalue weighted by molar-refractivity contribution is 0.870. The van der Waals surface area contributed by atoms with Crippen LogP contribution >= 0.6 is 0 Å². The van der Waals surface area contributed by atoms with Gasteiger partial charge in [0, 0.05) is 6.21 Å². The van der Waals surface area contributed by atoms with Crippen molar-refractivity contribution in [2.24, 2.45) is 4.99 Å². The minimum atomic E-state index is 0.889. The van der Waals surface area contributed by atoms with Gasteiger partial charge >= 0.3 is 0 Å². The number of aliphatic imine (C=N–C) groups is 1. The number of aryl methyl sites for hydroxylation is 1. The minimum absolute atomic E-state index is 0.889. The highest BCUT2D eigenvalue weighted by Crippen LogP contribution is 2.40. The van der Waals surface area contributed by atoms with E-state index in [0.29, 0.717) is 0 Å². The van der Waals surface area contributed by atoms with Crippen molar-refractivity contribution >= 4 is 11.8 Å². The number of hydrogen-bond acceptors (Lipinski definition) is 1. The minimum Gasteiger partial charge on any atom is -0.289 e. The summed E-state index contributed by atoms with van der Waals surface area (Å²) in [6, 6.07) is 13.7. The first-order valence-electron chi connectivity index (χ1n) is 9.96. The lowest BCUT2D eigenvalue weighted by Gasteiger charge is -2.27. The molecule has 0 atom stereocenters. The molecule has 5 rings (SSSR count). The summed E-state index contributed by atoms with van der Waals surface area (Å²) >= 11 is 0. The third-order valence-electron chi connectivity index (χ3n) is 5.57. The maximum absolute atomic E-state index is 3.85. The maximum atomic E-state index is 3.85. The molecule has 2 aromatic rings. The Morgan fingerprint density at radius 1 is 0.885 bits per heavy atom. The molecule has 3 aliphatic rings. The smallest absolute Gasteiger partial charge is 0.0573 e. The number of nitrogens with zero attached hydrogens (tertiary/aromatic N) is 1. The van der Waals surface area contributed by atoms with E-state index in [1.165, 1.54) is 55.2 Å². The van der Waals surface area contributed by atoms with Crippen LogP contribution in [0.5, 0.6) is 0 Å². The molecule has 1 heteroatoms. The van der Waals surface area contributed by atoms with E-state index in [0.717, 1.165) is 6.54 Å². The molecule has 1 nitrogen and oxygen atoms in total. The van der Waals surface area contributed by atoms with Crippen molar-refractivity contribution in [3.63, 3.8) is 0 Å². The molecule has 2 aliphatic carbocycles. The van der Waals surface area contributed by atoms with E-state index in [2.05, 4.69) is 54.4 Å². The zero-order valence-electron chi connectivity index (χ0n) is 15.7. The van der Waals surface area contributed by atoms with Gasteiger partial charge < -0.3 is 0 Å². The molecule has 0 spiro atoms. The molecule has 0 saturated carbocycles. The summed E-state index contributed by atoms with van der Waals surface area (Å²) in [7, 11) is 0. The highest BCUT2D eigenvalue weighted by atomic mass is 14.7. The van der Waals surface area contributed by atoms with Gasteiger partial charge in [0.1, 0.15) is 0 Å². The molecule has 0 radical (unpaired) electrons. The molecule has 1 aliphatic heterocycles. The van der Waals surface area contributed by atoms with Gasteiger partial charge in [-0.15, -0.1) is 0 Å². The fourth-order valence-corrected chi connectivity index (χ4v) is 4.39. The van der Waals surface area contributed by atoms with Crippen LogP contribution < -0.4 is 0 Å². The normalized spacial score (nSPS) is 16.1. The standard InChI is InChI=1S/C21H22.C4H5N/c1-2-6-15-8-5-10-19-18(15)13-14-20-17-9-4-3-7-16(17)11-12-21(19)20;1-2-4-5-3-1/h3-4,7-9,13-14H,2,5-6,10-12H2,1H3;1-3H,4H2. The van der Waals surface area contributed by atoms with Gasteiger partial charge in [-0.05, 0) is 77.1 Å². The van der Waals surface area contributed by atoms with Crippen LogP contribution in [0.15, 0.2) is 59.6 Å². The highest BCUT2D eigenvalue weighted by Gasteiger charge is 2.22. The van der Waals surface area contributed by atoms with Gasteiger partial charge in [-0.3, -0.25) is 4.99 Å². The topological polar surface area (TPSA) is 12.4 Å². The summed E-state index contributed by atoms with van der Waals surface area (Å²) in [5.41, 5.74) is 10.9. The molecule has 0 N–H and O–H groups in total. The Hall–Kier alpha value is -2.41. The van der Waals surface area contributed by atoms with Crippen molar-refractivity contribution in [2.75, 3.05) is 6.54 Å². The van der Waals surface area contributed by atoms with Gasteiger partial charge in [0.05, 0.1) is 6.54 Å². The molecular weight excluding hydrogens is 314 g/mol. The Bertz CT molecular complexity index is 873. The van der Waals surface area contributed by atoms with Crippen LogP contribution in [0.4, 0.5) is 0 Å². The molecule has 0 amide bonds. The third-order valence-corrected chi connectivity index (χ3v) is 5.57.